The minimum atomic E-state index is -0.288. The molecule has 0 spiro atoms. The lowest BCUT2D eigenvalue weighted by molar-refractivity contribution is 0.0843. The van der Waals surface area contributed by atoms with E-state index in [-0.39, 0.29) is 11.9 Å². The van der Waals surface area contributed by atoms with Crippen LogP contribution in [0, 0.1) is 5.82 Å². The van der Waals surface area contributed by atoms with Gasteiger partial charge < -0.3 is 9.30 Å². The molecule has 0 saturated carbocycles. The molecule has 3 rings (SSSR count). The van der Waals surface area contributed by atoms with E-state index < -0.39 is 0 Å². The van der Waals surface area contributed by atoms with E-state index in [4.69, 9.17) is 4.74 Å². The minimum absolute atomic E-state index is 0.256. The molecule has 130 valence electrons. The molecule has 1 fully saturated rings. The molecule has 2 aromatic rings. The predicted octanol–water partition coefficient (Wildman–Crippen LogP) is 2.45. The maximum absolute atomic E-state index is 14.0. The number of benzene rings is 1. The molecule has 1 saturated heterocycles. The Hall–Kier alpha value is -1.92. The van der Waals surface area contributed by atoms with Crippen LogP contribution in [0.1, 0.15) is 24.4 Å². The lowest BCUT2D eigenvalue weighted by Gasteiger charge is -2.39. The summed E-state index contributed by atoms with van der Waals surface area (Å²) in [5.74, 6) is 1.11. The smallest absolute Gasteiger partial charge is 0.165 e. The number of piperazine rings is 1. The first kappa shape index (κ1) is 16.9. The first-order valence-corrected chi connectivity index (χ1v) is 8.39. The average molecular weight is 332 g/mol. The average Bonchev–Trinajstić information content (AvgIpc) is 2.98. The Labute approximate surface area is 142 Å². The molecular weight excluding hydrogens is 307 g/mol. The first-order chi connectivity index (χ1) is 11.6. The van der Waals surface area contributed by atoms with E-state index in [1.54, 1.807) is 12.1 Å². The molecule has 1 aliphatic rings. The first-order valence-electron chi connectivity index (χ1n) is 8.39. The van der Waals surface area contributed by atoms with Crippen LogP contribution < -0.4 is 4.74 Å². The number of aryl methyl sites for hydroxylation is 1. The van der Waals surface area contributed by atoms with Crippen molar-refractivity contribution in [2.24, 2.45) is 7.05 Å². The van der Waals surface area contributed by atoms with E-state index in [0.717, 1.165) is 37.6 Å². The normalized spacial score (nSPS) is 19.6. The zero-order valence-electron chi connectivity index (χ0n) is 14.6. The van der Waals surface area contributed by atoms with Crippen LogP contribution in [0.25, 0.3) is 0 Å². The molecule has 1 aromatic heterocycles. The van der Waals surface area contributed by atoms with Gasteiger partial charge in [-0.3, -0.25) is 9.80 Å². The van der Waals surface area contributed by atoms with E-state index in [1.165, 1.54) is 0 Å². The van der Waals surface area contributed by atoms with Crippen molar-refractivity contribution in [1.82, 2.24) is 19.4 Å². The summed E-state index contributed by atoms with van der Waals surface area (Å²) < 4.78 is 21.4. The summed E-state index contributed by atoms with van der Waals surface area (Å²) in [6, 6.07) is 5.51. The van der Waals surface area contributed by atoms with Gasteiger partial charge in [0.2, 0.25) is 0 Å². The van der Waals surface area contributed by atoms with Crippen LogP contribution >= 0.6 is 0 Å². The highest BCUT2D eigenvalue weighted by molar-refractivity contribution is 5.29. The number of likely N-dealkylation sites (N-methyl/N-ethyl adjacent to an activating group) is 1. The Morgan fingerprint density at radius 1 is 1.29 bits per heavy atom. The number of halogens is 1. The lowest BCUT2D eigenvalue weighted by Crippen LogP contribution is -2.46. The highest BCUT2D eigenvalue weighted by Crippen LogP contribution is 2.25. The fraction of sp³-hybridized carbons (Fsp3) is 0.500. The van der Waals surface area contributed by atoms with Gasteiger partial charge in [-0.25, -0.2) is 9.37 Å². The van der Waals surface area contributed by atoms with E-state index in [0.29, 0.717) is 12.4 Å². The monoisotopic (exact) mass is 332 g/mol. The second-order valence-corrected chi connectivity index (χ2v) is 6.33. The van der Waals surface area contributed by atoms with Crippen LogP contribution in [0.4, 0.5) is 4.39 Å². The van der Waals surface area contributed by atoms with Gasteiger partial charge >= 0.3 is 0 Å². The van der Waals surface area contributed by atoms with Gasteiger partial charge in [0.15, 0.2) is 11.6 Å². The molecule has 0 aliphatic carbocycles. The standard InChI is InChI=1S/C18H25FN4O/c1-4-24-17-6-5-14(11-15(17)19)12-23-10-9-21(2)16(13-23)18-20-7-8-22(18)3/h5-8,11,16H,4,9-10,12-13H2,1-3H3. The number of ether oxygens (including phenoxy) is 1. The summed E-state index contributed by atoms with van der Waals surface area (Å²) in [4.78, 5) is 9.18. The maximum Gasteiger partial charge on any atom is 0.165 e. The van der Waals surface area contributed by atoms with E-state index >= 15 is 0 Å². The van der Waals surface area contributed by atoms with Gasteiger partial charge in [-0.05, 0) is 31.7 Å². The van der Waals surface area contributed by atoms with Crippen molar-refractivity contribution in [3.63, 3.8) is 0 Å². The van der Waals surface area contributed by atoms with E-state index in [9.17, 15) is 4.39 Å². The van der Waals surface area contributed by atoms with Crippen LogP contribution in [0.5, 0.6) is 5.75 Å². The predicted molar refractivity (Wildman–Crippen MR) is 91.4 cm³/mol. The minimum Gasteiger partial charge on any atom is -0.491 e. The molecule has 0 radical (unpaired) electrons. The quantitative estimate of drug-likeness (QED) is 0.842. The third-order valence-corrected chi connectivity index (χ3v) is 4.59. The molecule has 1 aromatic carbocycles. The Kier molecular flexibility index (Phi) is 5.16. The van der Waals surface area contributed by atoms with E-state index in [1.807, 2.05) is 32.4 Å². The largest absolute Gasteiger partial charge is 0.491 e. The van der Waals surface area contributed by atoms with Crippen molar-refractivity contribution >= 4 is 0 Å². The summed E-state index contributed by atoms with van der Waals surface area (Å²) in [5.41, 5.74) is 0.971. The number of hydrogen-bond donors (Lipinski definition) is 0. The van der Waals surface area contributed by atoms with Gasteiger partial charge in [0.05, 0.1) is 12.6 Å². The SMILES string of the molecule is CCOc1ccc(CN2CCN(C)C(c3nccn3C)C2)cc1F. The molecule has 1 atom stereocenters. The summed E-state index contributed by atoms with van der Waals surface area (Å²) in [7, 11) is 4.16. The molecule has 2 heterocycles. The van der Waals surface area contributed by atoms with Crippen LogP contribution in [-0.4, -0.2) is 52.6 Å². The summed E-state index contributed by atoms with van der Waals surface area (Å²) >= 11 is 0. The van der Waals surface area contributed by atoms with Crippen molar-refractivity contribution < 1.29 is 9.13 Å². The maximum atomic E-state index is 14.0. The molecule has 5 nitrogen and oxygen atoms in total. The van der Waals surface area contributed by atoms with Gasteiger partial charge in [0.1, 0.15) is 5.82 Å². The van der Waals surface area contributed by atoms with Crippen LogP contribution in [0.3, 0.4) is 0 Å². The zero-order chi connectivity index (χ0) is 17.1. The Morgan fingerprint density at radius 2 is 2.12 bits per heavy atom. The van der Waals surface area contributed by atoms with Crippen molar-refractivity contribution in [2.75, 3.05) is 33.3 Å². The second kappa shape index (κ2) is 7.32. The Morgan fingerprint density at radius 3 is 2.79 bits per heavy atom. The van der Waals surface area contributed by atoms with Gasteiger partial charge in [-0.15, -0.1) is 0 Å². The highest BCUT2D eigenvalue weighted by Gasteiger charge is 2.28. The Balaban J connectivity index is 1.69. The van der Waals surface area contributed by atoms with Crippen molar-refractivity contribution in [3.8, 4) is 5.75 Å². The molecule has 0 N–H and O–H groups in total. The number of imidazole rings is 1. The van der Waals surface area contributed by atoms with Crippen LogP contribution in [-0.2, 0) is 13.6 Å². The fourth-order valence-corrected chi connectivity index (χ4v) is 3.22. The summed E-state index contributed by atoms with van der Waals surface area (Å²) in [6.45, 7) is 5.88. The zero-order valence-corrected chi connectivity index (χ0v) is 14.6. The Bertz CT molecular complexity index is 687. The molecule has 0 bridgehead atoms. The summed E-state index contributed by atoms with van der Waals surface area (Å²) in [6.07, 6.45) is 3.81. The third-order valence-electron chi connectivity index (χ3n) is 4.59. The number of rotatable bonds is 5. The molecular formula is C18H25FN4O. The molecule has 1 aliphatic heterocycles. The van der Waals surface area contributed by atoms with Crippen molar-refractivity contribution in [2.45, 2.75) is 19.5 Å². The molecule has 6 heteroatoms. The van der Waals surface area contributed by atoms with Gasteiger partial charge in [0.25, 0.3) is 0 Å². The van der Waals surface area contributed by atoms with E-state index in [2.05, 4.69) is 26.4 Å². The summed E-state index contributed by atoms with van der Waals surface area (Å²) in [5, 5.41) is 0. The van der Waals surface area contributed by atoms with Gasteiger partial charge in [-0.1, -0.05) is 6.07 Å². The lowest BCUT2D eigenvalue weighted by atomic mass is 10.1. The van der Waals surface area contributed by atoms with Crippen LogP contribution in [0.15, 0.2) is 30.6 Å². The third kappa shape index (κ3) is 3.60. The van der Waals surface area contributed by atoms with Gasteiger partial charge in [0, 0.05) is 45.6 Å². The van der Waals surface area contributed by atoms with Crippen molar-refractivity contribution in [3.05, 3.63) is 47.8 Å². The number of hydrogen-bond acceptors (Lipinski definition) is 4. The molecule has 0 amide bonds. The van der Waals surface area contributed by atoms with Gasteiger partial charge in [-0.2, -0.15) is 0 Å². The number of aromatic nitrogens is 2. The topological polar surface area (TPSA) is 33.5 Å². The number of nitrogens with zero attached hydrogens (tertiary/aromatic N) is 4. The van der Waals surface area contributed by atoms with Crippen LogP contribution in [0.2, 0.25) is 0 Å². The second-order valence-electron chi connectivity index (χ2n) is 6.33. The highest BCUT2D eigenvalue weighted by atomic mass is 19.1. The molecule has 1 unspecified atom stereocenters. The molecule has 24 heavy (non-hydrogen) atoms. The van der Waals surface area contributed by atoms with Crippen molar-refractivity contribution in [1.29, 1.82) is 0 Å². The fourth-order valence-electron chi connectivity index (χ4n) is 3.22.